The number of aryl methyl sites for hydroxylation is 1. The van der Waals surface area contributed by atoms with Crippen molar-refractivity contribution in [2.75, 3.05) is 21.3 Å². The lowest BCUT2D eigenvalue weighted by molar-refractivity contribution is 0.397. The van der Waals surface area contributed by atoms with Crippen LogP contribution in [0.15, 0.2) is 36.4 Å². The molecule has 3 heteroatoms. The zero-order valence-electron chi connectivity index (χ0n) is 12.5. The van der Waals surface area contributed by atoms with E-state index in [0.29, 0.717) is 0 Å². The van der Waals surface area contributed by atoms with Gasteiger partial charge in [0.15, 0.2) is 0 Å². The van der Waals surface area contributed by atoms with Gasteiger partial charge in [-0.05, 0) is 48.9 Å². The molecule has 0 unspecified atom stereocenters. The lowest BCUT2D eigenvalue weighted by Crippen LogP contribution is -2.05. The highest BCUT2D eigenvalue weighted by atomic mass is 16.5. The maximum Gasteiger partial charge on any atom is 0.130 e. The quantitative estimate of drug-likeness (QED) is 0.904. The van der Waals surface area contributed by atoms with Crippen LogP contribution in [0.5, 0.6) is 11.5 Å². The number of ether oxygens (including phenoxy) is 2. The molecule has 0 saturated heterocycles. The maximum atomic E-state index is 5.50. The van der Waals surface area contributed by atoms with Crippen LogP contribution < -0.4 is 14.8 Å². The topological polar surface area (TPSA) is 30.5 Å². The van der Waals surface area contributed by atoms with E-state index >= 15 is 0 Å². The third-order valence-corrected chi connectivity index (χ3v) is 3.38. The van der Waals surface area contributed by atoms with Gasteiger partial charge >= 0.3 is 0 Å². The molecule has 0 atom stereocenters. The fourth-order valence-corrected chi connectivity index (χ4v) is 2.37. The summed E-state index contributed by atoms with van der Waals surface area (Å²) in [6, 6.07) is 12.3. The molecule has 0 fully saturated rings. The summed E-state index contributed by atoms with van der Waals surface area (Å²) in [5, 5.41) is 3.18. The molecule has 0 heterocycles. The van der Waals surface area contributed by atoms with Crippen LogP contribution in [0.2, 0.25) is 0 Å². The lowest BCUT2D eigenvalue weighted by Gasteiger charge is -2.16. The van der Waals surface area contributed by atoms with Gasteiger partial charge in [0.05, 0.1) is 19.8 Å². The average molecular weight is 271 g/mol. The third kappa shape index (κ3) is 2.78. The lowest BCUT2D eigenvalue weighted by atomic mass is 9.96. The number of benzene rings is 2. The Hall–Kier alpha value is -2.00. The Kier molecular flexibility index (Phi) is 4.64. The molecular weight excluding hydrogens is 250 g/mol. The molecule has 0 spiro atoms. The second kappa shape index (κ2) is 6.44. The number of hydrogen-bond acceptors (Lipinski definition) is 3. The molecular formula is C17H21NO2. The van der Waals surface area contributed by atoms with Crippen LogP contribution in [0, 0.1) is 6.92 Å². The summed E-state index contributed by atoms with van der Waals surface area (Å²) in [5.41, 5.74) is 4.59. The first-order valence-corrected chi connectivity index (χ1v) is 6.66. The number of methoxy groups -OCH3 is 2. The van der Waals surface area contributed by atoms with Crippen LogP contribution in [0.3, 0.4) is 0 Å². The van der Waals surface area contributed by atoms with Crippen LogP contribution in [-0.2, 0) is 6.54 Å². The molecule has 0 aliphatic carbocycles. The van der Waals surface area contributed by atoms with Gasteiger partial charge in [-0.2, -0.15) is 0 Å². The Morgan fingerprint density at radius 1 is 1.00 bits per heavy atom. The monoisotopic (exact) mass is 271 g/mol. The normalized spacial score (nSPS) is 10.4. The zero-order valence-corrected chi connectivity index (χ0v) is 12.5. The van der Waals surface area contributed by atoms with E-state index in [1.807, 2.05) is 25.2 Å². The minimum absolute atomic E-state index is 0.828. The van der Waals surface area contributed by atoms with Crippen molar-refractivity contribution in [2.24, 2.45) is 0 Å². The molecule has 0 amide bonds. The minimum Gasteiger partial charge on any atom is -0.496 e. The van der Waals surface area contributed by atoms with Crippen molar-refractivity contribution in [3.8, 4) is 22.6 Å². The molecule has 3 nitrogen and oxygen atoms in total. The molecule has 0 aliphatic rings. The minimum atomic E-state index is 0.828. The molecule has 0 radical (unpaired) electrons. The third-order valence-electron chi connectivity index (χ3n) is 3.38. The molecule has 2 aromatic carbocycles. The van der Waals surface area contributed by atoms with Crippen molar-refractivity contribution in [3.63, 3.8) is 0 Å². The highest BCUT2D eigenvalue weighted by molar-refractivity contribution is 5.79. The SMILES string of the molecule is CNCc1ccc(C)c(-c2c(OC)cccc2OC)c1. The summed E-state index contributed by atoms with van der Waals surface area (Å²) in [6.07, 6.45) is 0. The predicted molar refractivity (Wildman–Crippen MR) is 82.5 cm³/mol. The standard InChI is InChI=1S/C17H21NO2/c1-12-8-9-13(11-18-2)10-14(12)17-15(19-3)6-5-7-16(17)20-4/h5-10,18H,11H2,1-4H3. The molecule has 2 rings (SSSR count). The zero-order chi connectivity index (χ0) is 14.5. The van der Waals surface area contributed by atoms with E-state index in [4.69, 9.17) is 9.47 Å². The fourth-order valence-electron chi connectivity index (χ4n) is 2.37. The van der Waals surface area contributed by atoms with E-state index in [2.05, 4.69) is 30.4 Å². The van der Waals surface area contributed by atoms with Gasteiger partial charge < -0.3 is 14.8 Å². The van der Waals surface area contributed by atoms with E-state index in [0.717, 1.165) is 29.2 Å². The first-order chi connectivity index (χ1) is 9.71. The molecule has 0 aliphatic heterocycles. The van der Waals surface area contributed by atoms with Crippen molar-refractivity contribution in [1.82, 2.24) is 5.32 Å². The summed E-state index contributed by atoms with van der Waals surface area (Å²) >= 11 is 0. The molecule has 2 aromatic rings. The van der Waals surface area contributed by atoms with Crippen LogP contribution in [-0.4, -0.2) is 21.3 Å². The van der Waals surface area contributed by atoms with Crippen LogP contribution in [0.25, 0.3) is 11.1 Å². The predicted octanol–water partition coefficient (Wildman–Crippen LogP) is 3.40. The average Bonchev–Trinajstić information content (AvgIpc) is 2.48. The second-order valence-electron chi connectivity index (χ2n) is 4.72. The molecule has 106 valence electrons. The summed E-state index contributed by atoms with van der Waals surface area (Å²) in [5.74, 6) is 1.66. The fraction of sp³-hybridized carbons (Fsp3) is 0.294. The van der Waals surface area contributed by atoms with E-state index in [1.54, 1.807) is 14.2 Å². The summed E-state index contributed by atoms with van der Waals surface area (Å²) < 4.78 is 11.0. The molecule has 1 N–H and O–H groups in total. The van der Waals surface area contributed by atoms with Crippen molar-refractivity contribution in [1.29, 1.82) is 0 Å². The maximum absolute atomic E-state index is 5.50. The van der Waals surface area contributed by atoms with Crippen LogP contribution in [0.1, 0.15) is 11.1 Å². The van der Waals surface area contributed by atoms with Gasteiger partial charge in [0, 0.05) is 6.54 Å². The highest BCUT2D eigenvalue weighted by Crippen LogP contribution is 2.40. The molecule has 0 bridgehead atoms. The Morgan fingerprint density at radius 3 is 2.20 bits per heavy atom. The van der Waals surface area contributed by atoms with Crippen molar-refractivity contribution in [2.45, 2.75) is 13.5 Å². The molecule has 20 heavy (non-hydrogen) atoms. The second-order valence-corrected chi connectivity index (χ2v) is 4.72. The van der Waals surface area contributed by atoms with Gasteiger partial charge in [0.1, 0.15) is 11.5 Å². The molecule has 0 aromatic heterocycles. The van der Waals surface area contributed by atoms with Crippen molar-refractivity contribution in [3.05, 3.63) is 47.5 Å². The van der Waals surface area contributed by atoms with E-state index in [1.165, 1.54) is 11.1 Å². The van der Waals surface area contributed by atoms with Gasteiger partial charge in [-0.3, -0.25) is 0 Å². The summed E-state index contributed by atoms with van der Waals surface area (Å²) in [6.45, 7) is 2.94. The first kappa shape index (κ1) is 14.4. The van der Waals surface area contributed by atoms with Crippen LogP contribution in [0.4, 0.5) is 0 Å². The number of hydrogen-bond donors (Lipinski definition) is 1. The first-order valence-electron chi connectivity index (χ1n) is 6.66. The largest absolute Gasteiger partial charge is 0.496 e. The van der Waals surface area contributed by atoms with Crippen molar-refractivity contribution >= 4 is 0 Å². The Morgan fingerprint density at radius 2 is 1.65 bits per heavy atom. The van der Waals surface area contributed by atoms with E-state index in [-0.39, 0.29) is 0 Å². The van der Waals surface area contributed by atoms with Gasteiger partial charge in [0.25, 0.3) is 0 Å². The summed E-state index contributed by atoms with van der Waals surface area (Å²) in [4.78, 5) is 0. The Labute approximate surface area is 120 Å². The van der Waals surface area contributed by atoms with Gasteiger partial charge in [-0.1, -0.05) is 18.2 Å². The number of rotatable bonds is 5. The van der Waals surface area contributed by atoms with Gasteiger partial charge in [0.2, 0.25) is 0 Å². The smallest absolute Gasteiger partial charge is 0.130 e. The van der Waals surface area contributed by atoms with E-state index in [9.17, 15) is 0 Å². The molecule has 0 saturated carbocycles. The Bertz CT molecular complexity index is 571. The number of nitrogens with one attached hydrogen (secondary N) is 1. The Balaban J connectivity index is 2.63. The highest BCUT2D eigenvalue weighted by Gasteiger charge is 2.14. The van der Waals surface area contributed by atoms with Gasteiger partial charge in [-0.15, -0.1) is 0 Å². The summed E-state index contributed by atoms with van der Waals surface area (Å²) in [7, 11) is 5.32. The van der Waals surface area contributed by atoms with Crippen molar-refractivity contribution < 1.29 is 9.47 Å². The van der Waals surface area contributed by atoms with Gasteiger partial charge in [-0.25, -0.2) is 0 Å². The van der Waals surface area contributed by atoms with Crippen LogP contribution >= 0.6 is 0 Å². The van der Waals surface area contributed by atoms with E-state index < -0.39 is 0 Å².